The first-order valence-electron chi connectivity index (χ1n) is 5.22. The van der Waals surface area contributed by atoms with E-state index in [2.05, 4.69) is 0 Å². The molecule has 17 heavy (non-hydrogen) atoms. The van der Waals surface area contributed by atoms with Gasteiger partial charge in [0.25, 0.3) is 0 Å². The Kier molecular flexibility index (Phi) is 2.83. The van der Waals surface area contributed by atoms with Crippen LogP contribution in [0.4, 0.5) is 0 Å². The Morgan fingerprint density at radius 2 is 1.76 bits per heavy atom. The molecule has 0 spiro atoms. The number of phenols is 1. The molecule has 0 amide bonds. The first kappa shape index (κ1) is 11.2. The lowest BCUT2D eigenvalue weighted by Gasteiger charge is -2.08. The molecule has 3 nitrogen and oxygen atoms in total. The second-order valence-electron chi connectivity index (χ2n) is 3.87. The largest absolute Gasteiger partial charge is 0.507 e. The van der Waals surface area contributed by atoms with Gasteiger partial charge in [0, 0.05) is 5.56 Å². The molecule has 2 N–H and O–H groups in total. The van der Waals surface area contributed by atoms with Crippen LogP contribution in [0.3, 0.4) is 0 Å². The minimum Gasteiger partial charge on any atom is -0.507 e. The van der Waals surface area contributed by atoms with Crippen LogP contribution < -0.4 is 0 Å². The molecule has 0 saturated carbocycles. The highest BCUT2D eigenvalue weighted by atomic mass is 16.4. The van der Waals surface area contributed by atoms with Crippen molar-refractivity contribution in [2.24, 2.45) is 0 Å². The molecule has 0 saturated heterocycles. The number of phenolic OH excluding ortho intramolecular Hbond substituents is 1. The molecule has 3 heteroatoms. The van der Waals surface area contributed by atoms with Gasteiger partial charge < -0.3 is 10.2 Å². The van der Waals surface area contributed by atoms with Crippen LogP contribution in [-0.4, -0.2) is 16.2 Å². The number of carbonyl (C=O) groups is 1. The van der Waals surface area contributed by atoms with E-state index in [-0.39, 0.29) is 11.3 Å². The quantitative estimate of drug-likeness (QED) is 0.830. The van der Waals surface area contributed by atoms with Crippen molar-refractivity contribution < 1.29 is 15.0 Å². The second-order valence-corrected chi connectivity index (χ2v) is 3.87. The number of aromatic hydroxyl groups is 1. The third-order valence-electron chi connectivity index (χ3n) is 2.60. The fourth-order valence-electron chi connectivity index (χ4n) is 1.77. The normalized spacial score (nSPS) is 10.2. The second kappa shape index (κ2) is 4.29. The number of hydrogen-bond acceptors (Lipinski definition) is 2. The summed E-state index contributed by atoms with van der Waals surface area (Å²) in [5, 5.41) is 18.9. The molecule has 0 bridgehead atoms. The lowest BCUT2D eigenvalue weighted by Crippen LogP contribution is -1.99. The van der Waals surface area contributed by atoms with Crippen LogP contribution in [0, 0.1) is 6.92 Å². The molecule has 0 heterocycles. The van der Waals surface area contributed by atoms with Gasteiger partial charge in [-0.05, 0) is 30.2 Å². The third-order valence-corrected chi connectivity index (χ3v) is 2.60. The van der Waals surface area contributed by atoms with Crippen LogP contribution in [-0.2, 0) is 0 Å². The van der Waals surface area contributed by atoms with Crippen molar-refractivity contribution in [3.63, 3.8) is 0 Å². The van der Waals surface area contributed by atoms with E-state index < -0.39 is 5.97 Å². The highest BCUT2D eigenvalue weighted by Gasteiger charge is 2.13. The molecular formula is C14H12O3. The van der Waals surface area contributed by atoms with E-state index in [1.807, 2.05) is 13.0 Å². The summed E-state index contributed by atoms with van der Waals surface area (Å²) in [6.45, 7) is 1.87. The predicted molar refractivity (Wildman–Crippen MR) is 65.2 cm³/mol. The highest BCUT2D eigenvalue weighted by molar-refractivity contribution is 5.96. The van der Waals surface area contributed by atoms with Crippen molar-refractivity contribution in [3.8, 4) is 16.9 Å². The molecule has 0 aliphatic rings. The highest BCUT2D eigenvalue weighted by Crippen LogP contribution is 2.32. The van der Waals surface area contributed by atoms with Gasteiger partial charge in [0.1, 0.15) is 5.75 Å². The first-order valence-corrected chi connectivity index (χ1v) is 5.22. The van der Waals surface area contributed by atoms with Crippen LogP contribution in [0.15, 0.2) is 42.5 Å². The Bertz CT molecular complexity index is 573. The number of carboxylic acid groups (broad SMARTS) is 1. The zero-order chi connectivity index (χ0) is 12.4. The van der Waals surface area contributed by atoms with E-state index >= 15 is 0 Å². The van der Waals surface area contributed by atoms with Gasteiger partial charge in [-0.1, -0.05) is 30.3 Å². The molecule has 0 fully saturated rings. The number of benzene rings is 2. The smallest absolute Gasteiger partial charge is 0.336 e. The lowest BCUT2D eigenvalue weighted by molar-refractivity contribution is 0.0698. The van der Waals surface area contributed by atoms with Crippen molar-refractivity contribution in [2.45, 2.75) is 6.92 Å². The molecular weight excluding hydrogens is 216 g/mol. The molecule has 0 atom stereocenters. The summed E-state index contributed by atoms with van der Waals surface area (Å²) in [4.78, 5) is 11.1. The number of hydrogen-bond donors (Lipinski definition) is 2. The van der Waals surface area contributed by atoms with E-state index in [0.29, 0.717) is 11.1 Å². The van der Waals surface area contributed by atoms with Crippen molar-refractivity contribution in [1.29, 1.82) is 0 Å². The summed E-state index contributed by atoms with van der Waals surface area (Å²) in [6, 6.07) is 11.8. The fraction of sp³-hybridized carbons (Fsp3) is 0.0714. The monoisotopic (exact) mass is 228 g/mol. The summed E-state index contributed by atoms with van der Waals surface area (Å²) in [5.41, 5.74) is 2.18. The van der Waals surface area contributed by atoms with Crippen LogP contribution in [0.5, 0.6) is 5.75 Å². The fourth-order valence-corrected chi connectivity index (χ4v) is 1.77. The van der Waals surface area contributed by atoms with Crippen LogP contribution >= 0.6 is 0 Å². The third kappa shape index (κ3) is 2.13. The van der Waals surface area contributed by atoms with E-state index in [0.717, 1.165) is 5.56 Å². The summed E-state index contributed by atoms with van der Waals surface area (Å²) in [6.07, 6.45) is 0. The molecule has 0 unspecified atom stereocenters. The van der Waals surface area contributed by atoms with Gasteiger partial charge in [-0.15, -0.1) is 0 Å². The number of rotatable bonds is 2. The molecule has 0 aliphatic heterocycles. The zero-order valence-electron chi connectivity index (χ0n) is 9.34. The van der Waals surface area contributed by atoms with Crippen LogP contribution in [0.1, 0.15) is 15.9 Å². The molecule has 0 radical (unpaired) electrons. The number of aryl methyl sites for hydroxylation is 1. The van der Waals surface area contributed by atoms with Gasteiger partial charge in [0.05, 0.1) is 5.56 Å². The van der Waals surface area contributed by atoms with Crippen molar-refractivity contribution in [1.82, 2.24) is 0 Å². The number of carboxylic acids is 1. The first-order chi connectivity index (χ1) is 8.09. The average Bonchev–Trinajstić information content (AvgIpc) is 2.29. The summed E-state index contributed by atoms with van der Waals surface area (Å²) < 4.78 is 0. The summed E-state index contributed by atoms with van der Waals surface area (Å²) >= 11 is 0. The van der Waals surface area contributed by atoms with E-state index in [1.54, 1.807) is 30.3 Å². The van der Waals surface area contributed by atoms with Gasteiger partial charge in [-0.2, -0.15) is 0 Å². The van der Waals surface area contributed by atoms with Crippen molar-refractivity contribution in [3.05, 3.63) is 53.6 Å². The minimum absolute atomic E-state index is 0.0960. The van der Waals surface area contributed by atoms with Gasteiger partial charge in [0.15, 0.2) is 0 Å². The minimum atomic E-state index is -0.999. The Morgan fingerprint density at radius 3 is 2.41 bits per heavy atom. The molecule has 0 aliphatic carbocycles. The molecule has 2 rings (SSSR count). The Balaban J connectivity index is 2.64. The van der Waals surface area contributed by atoms with Gasteiger partial charge >= 0.3 is 5.97 Å². The van der Waals surface area contributed by atoms with Gasteiger partial charge in [-0.3, -0.25) is 0 Å². The van der Waals surface area contributed by atoms with Gasteiger partial charge in [0.2, 0.25) is 0 Å². The topological polar surface area (TPSA) is 57.5 Å². The lowest BCUT2D eigenvalue weighted by atomic mass is 9.98. The van der Waals surface area contributed by atoms with Crippen LogP contribution in [0.2, 0.25) is 0 Å². The zero-order valence-corrected chi connectivity index (χ0v) is 9.34. The molecule has 2 aromatic carbocycles. The SMILES string of the molecule is Cc1ccc(-c2ccccc2C(=O)O)c(O)c1. The van der Waals surface area contributed by atoms with E-state index in [1.165, 1.54) is 6.07 Å². The molecule has 86 valence electrons. The predicted octanol–water partition coefficient (Wildman–Crippen LogP) is 3.07. The maximum Gasteiger partial charge on any atom is 0.336 e. The Morgan fingerprint density at radius 1 is 1.06 bits per heavy atom. The standard InChI is InChI=1S/C14H12O3/c1-9-6-7-11(13(15)8-9)10-4-2-3-5-12(10)14(16)17/h2-8,15H,1H3,(H,16,17). The van der Waals surface area contributed by atoms with E-state index in [4.69, 9.17) is 5.11 Å². The molecule has 2 aromatic rings. The summed E-state index contributed by atoms with van der Waals surface area (Å²) in [5.74, 6) is -0.903. The molecule has 0 aromatic heterocycles. The van der Waals surface area contributed by atoms with Crippen molar-refractivity contribution >= 4 is 5.97 Å². The van der Waals surface area contributed by atoms with E-state index in [9.17, 15) is 9.90 Å². The average molecular weight is 228 g/mol. The Labute approximate surface area is 99.0 Å². The maximum absolute atomic E-state index is 11.1. The summed E-state index contributed by atoms with van der Waals surface area (Å²) in [7, 11) is 0. The Hall–Kier alpha value is -2.29. The van der Waals surface area contributed by atoms with Crippen molar-refractivity contribution in [2.75, 3.05) is 0 Å². The van der Waals surface area contributed by atoms with Crippen LogP contribution in [0.25, 0.3) is 11.1 Å². The number of aromatic carboxylic acids is 1. The van der Waals surface area contributed by atoms with Gasteiger partial charge in [-0.25, -0.2) is 4.79 Å². The maximum atomic E-state index is 11.1.